The molecule has 2 saturated heterocycles. The summed E-state index contributed by atoms with van der Waals surface area (Å²) in [5, 5.41) is 0. The molecule has 1 N–H and O–H groups in total. The minimum absolute atomic E-state index is 0.658. The minimum Gasteiger partial charge on any atom is -0.458 e. The van der Waals surface area contributed by atoms with Crippen molar-refractivity contribution in [2.45, 2.75) is 83.8 Å². The number of nitrogens with one attached hydrogen (secondary N) is 1. The van der Waals surface area contributed by atoms with Gasteiger partial charge in [0.15, 0.2) is 18.1 Å². The second-order valence-electron chi connectivity index (χ2n) is 8.28. The zero-order chi connectivity index (χ0) is 23.7. The van der Waals surface area contributed by atoms with Crippen LogP contribution < -0.4 is 11.2 Å². The molecular formula is C18H26N2O7. The number of fused-ring (bicyclic) bond motifs is 1. The van der Waals surface area contributed by atoms with Crippen LogP contribution >= 0.6 is 0 Å². The van der Waals surface area contributed by atoms with E-state index in [0.717, 1.165) is 0 Å². The molecule has 3 heterocycles. The Balaban J connectivity index is 2.17. The van der Waals surface area contributed by atoms with Gasteiger partial charge in [-0.3, -0.25) is 14.3 Å². The van der Waals surface area contributed by atoms with Crippen LogP contribution in [0.5, 0.6) is 0 Å². The zero-order valence-corrected chi connectivity index (χ0v) is 16.0. The van der Waals surface area contributed by atoms with Gasteiger partial charge in [-0.2, -0.15) is 0 Å². The summed E-state index contributed by atoms with van der Waals surface area (Å²) < 4.78 is 54.7. The molecule has 0 bridgehead atoms. The molecule has 2 aliphatic heterocycles. The fourth-order valence-corrected chi connectivity index (χ4v) is 3.40. The molecule has 9 heteroatoms. The third-order valence-electron chi connectivity index (χ3n) is 4.25. The largest absolute Gasteiger partial charge is 0.458 e. The highest BCUT2D eigenvalue weighted by Gasteiger charge is 2.66. The zero-order valence-electron chi connectivity index (χ0n) is 20.0. The van der Waals surface area contributed by atoms with Crippen molar-refractivity contribution >= 4 is 5.97 Å². The summed E-state index contributed by atoms with van der Waals surface area (Å²) in [6.07, 6.45) is -4.67. The Bertz CT molecular complexity index is 1020. The molecule has 1 aromatic heterocycles. The normalized spacial score (nSPS) is 35.0. The Labute approximate surface area is 162 Å². The van der Waals surface area contributed by atoms with Crippen LogP contribution in [0.2, 0.25) is 0 Å². The molecule has 2 fully saturated rings. The Hall–Kier alpha value is -1.97. The van der Waals surface area contributed by atoms with Crippen LogP contribution in [-0.4, -0.2) is 44.7 Å². The van der Waals surface area contributed by atoms with Gasteiger partial charge >= 0.3 is 11.7 Å². The van der Waals surface area contributed by atoms with Crippen LogP contribution in [0.4, 0.5) is 0 Å². The third-order valence-corrected chi connectivity index (χ3v) is 4.25. The van der Waals surface area contributed by atoms with E-state index in [-0.39, 0.29) is 0 Å². The number of carbonyl (C=O) groups excluding carboxylic acids is 1. The van der Waals surface area contributed by atoms with Crippen LogP contribution in [0.1, 0.15) is 58.8 Å². The number of esters is 1. The van der Waals surface area contributed by atoms with E-state index in [0.29, 0.717) is 4.57 Å². The van der Waals surface area contributed by atoms with E-state index in [1.165, 1.54) is 6.92 Å². The van der Waals surface area contributed by atoms with Crippen LogP contribution in [0, 0.1) is 6.85 Å². The van der Waals surface area contributed by atoms with Crippen molar-refractivity contribution in [2.75, 3.05) is 0 Å². The molecular weight excluding hydrogens is 356 g/mol. The van der Waals surface area contributed by atoms with Gasteiger partial charge in [-0.1, -0.05) is 0 Å². The van der Waals surface area contributed by atoms with Gasteiger partial charge in [0, 0.05) is 15.8 Å². The monoisotopic (exact) mass is 386 g/mol. The van der Waals surface area contributed by atoms with Gasteiger partial charge in [-0.05, 0) is 48.4 Å². The highest BCUT2D eigenvalue weighted by Crippen LogP contribution is 2.50. The lowest BCUT2D eigenvalue weighted by molar-refractivity contribution is -0.221. The molecule has 27 heavy (non-hydrogen) atoms. The average Bonchev–Trinajstić information content (AvgIpc) is 2.90. The van der Waals surface area contributed by atoms with Crippen molar-refractivity contribution in [2.24, 2.45) is 0 Å². The van der Waals surface area contributed by atoms with Gasteiger partial charge in [0.25, 0.3) is 5.56 Å². The van der Waals surface area contributed by atoms with E-state index in [1.54, 1.807) is 34.6 Å². The van der Waals surface area contributed by atoms with Gasteiger partial charge in [0.2, 0.25) is 0 Å². The maximum absolute atomic E-state index is 12.8. The molecule has 0 amide bonds. The van der Waals surface area contributed by atoms with Gasteiger partial charge in [0.05, 0.1) is 1.37 Å². The smallest absolute Gasteiger partial charge is 0.338 e. The van der Waals surface area contributed by atoms with Gasteiger partial charge < -0.3 is 18.9 Å². The number of aromatic amines is 1. The van der Waals surface area contributed by atoms with E-state index in [9.17, 15) is 14.4 Å². The summed E-state index contributed by atoms with van der Waals surface area (Å²) in [6.45, 7) is 6.77. The molecule has 0 saturated carbocycles. The number of nitrogens with zero attached hydrogens (tertiary/aromatic N) is 1. The second kappa shape index (κ2) is 6.02. The Morgan fingerprint density at radius 3 is 2.63 bits per heavy atom. The van der Waals surface area contributed by atoms with E-state index in [4.69, 9.17) is 24.4 Å². The fraction of sp³-hybridized carbons (Fsp3) is 0.722. The molecule has 0 spiro atoms. The molecule has 9 nitrogen and oxygen atoms in total. The summed E-state index contributed by atoms with van der Waals surface area (Å²) in [6, 6.07) is 0. The first-order valence-corrected chi connectivity index (χ1v) is 8.49. The lowest BCUT2D eigenvalue weighted by Crippen LogP contribution is -2.46. The maximum atomic E-state index is 12.8. The highest BCUT2D eigenvalue weighted by atomic mass is 16.8. The second-order valence-corrected chi connectivity index (χ2v) is 8.28. The summed E-state index contributed by atoms with van der Waals surface area (Å²) in [5.74, 6) is -1.95. The van der Waals surface area contributed by atoms with Gasteiger partial charge in [-0.25, -0.2) is 9.59 Å². The number of hydrogen-bond donors (Lipinski definition) is 1. The predicted octanol–water partition coefficient (Wildman–Crippen LogP) is 0.994. The third kappa shape index (κ3) is 3.46. The van der Waals surface area contributed by atoms with E-state index < -0.39 is 71.2 Å². The predicted molar refractivity (Wildman–Crippen MR) is 94.3 cm³/mol. The summed E-state index contributed by atoms with van der Waals surface area (Å²) in [5.41, 5.74) is -5.47. The number of H-pyrrole nitrogens is 1. The van der Waals surface area contributed by atoms with Crippen LogP contribution in [0.3, 0.4) is 0 Å². The van der Waals surface area contributed by atoms with Crippen molar-refractivity contribution in [1.29, 1.82) is 0 Å². The fourth-order valence-electron chi connectivity index (χ4n) is 3.40. The number of carbonyl (C=O) groups is 1. The molecule has 0 radical (unpaired) electrons. The standard InChI is InChI=1S/C18H26N2O7/c1-9-8-20(15(23)19-12(9)21)14-18(7)11(25-17(5,6)27-18)10(24-14)13(22)26-16(2,3)4/h8,10-11,14H,1-7H3,(H,19,21,23)/t10-,11+,14?,18+/m0/s1/i1D3,8D. The van der Waals surface area contributed by atoms with E-state index in [1.807, 2.05) is 4.98 Å². The van der Waals surface area contributed by atoms with E-state index >= 15 is 0 Å². The molecule has 0 aromatic carbocycles. The number of hydrogen-bond acceptors (Lipinski definition) is 7. The Kier molecular flexibility index (Phi) is 3.34. The highest BCUT2D eigenvalue weighted by molar-refractivity contribution is 5.76. The summed E-state index contributed by atoms with van der Waals surface area (Å²) in [4.78, 5) is 39.5. The van der Waals surface area contributed by atoms with Crippen LogP contribution in [-0.2, 0) is 23.7 Å². The van der Waals surface area contributed by atoms with E-state index in [2.05, 4.69) is 0 Å². The Morgan fingerprint density at radius 1 is 1.37 bits per heavy atom. The molecule has 3 rings (SSSR count). The molecule has 1 unspecified atom stereocenters. The van der Waals surface area contributed by atoms with Crippen molar-refractivity contribution in [3.63, 3.8) is 0 Å². The number of rotatable bonds is 2. The van der Waals surface area contributed by atoms with Crippen LogP contribution in [0.25, 0.3) is 0 Å². The molecule has 0 aliphatic carbocycles. The molecule has 2 aliphatic rings. The van der Waals surface area contributed by atoms with Crippen molar-refractivity contribution < 1.29 is 29.2 Å². The molecule has 1 aromatic rings. The Morgan fingerprint density at radius 2 is 2.04 bits per heavy atom. The van der Waals surface area contributed by atoms with Gasteiger partial charge in [0.1, 0.15) is 17.3 Å². The first-order valence-electron chi connectivity index (χ1n) is 10.5. The summed E-state index contributed by atoms with van der Waals surface area (Å²) >= 11 is 0. The maximum Gasteiger partial charge on any atom is 0.338 e. The molecule has 150 valence electrons. The first kappa shape index (κ1) is 15.0. The SMILES string of the molecule is [2H]c1c(C([2H])([2H])[2H])c(=O)[nH]c(=O)n1C1O[C@H](C(=O)OC(C)(C)C)[C@H]2OC(C)(C)O[C@@]12C. The van der Waals surface area contributed by atoms with Crippen molar-refractivity contribution in [3.05, 3.63) is 32.6 Å². The first-order chi connectivity index (χ1) is 13.9. The quantitative estimate of drug-likeness (QED) is 0.755. The van der Waals surface area contributed by atoms with Crippen molar-refractivity contribution in [3.8, 4) is 0 Å². The van der Waals surface area contributed by atoms with Gasteiger partial charge in [-0.15, -0.1) is 0 Å². The topological polar surface area (TPSA) is 109 Å². The van der Waals surface area contributed by atoms with Crippen LogP contribution in [0.15, 0.2) is 15.8 Å². The average molecular weight is 386 g/mol. The number of aromatic nitrogens is 2. The lowest BCUT2D eigenvalue weighted by Gasteiger charge is -2.30. The number of ether oxygens (including phenoxy) is 4. The van der Waals surface area contributed by atoms with Crippen molar-refractivity contribution in [1.82, 2.24) is 9.55 Å². The summed E-state index contributed by atoms with van der Waals surface area (Å²) in [7, 11) is 0. The molecule has 4 atom stereocenters. The lowest BCUT2D eigenvalue weighted by atomic mass is 9.96. The minimum atomic E-state index is -2.96.